The average molecular weight is 374 g/mol. The van der Waals surface area contributed by atoms with E-state index >= 15 is 0 Å². The van der Waals surface area contributed by atoms with E-state index in [2.05, 4.69) is 20.7 Å². The first-order valence-electron chi connectivity index (χ1n) is 7.07. The predicted octanol–water partition coefficient (Wildman–Crippen LogP) is 4.32. The van der Waals surface area contributed by atoms with E-state index in [9.17, 15) is 13.6 Å². The van der Waals surface area contributed by atoms with E-state index in [0.717, 1.165) is 17.3 Å². The van der Waals surface area contributed by atoms with E-state index in [0.29, 0.717) is 11.5 Å². The lowest BCUT2D eigenvalue weighted by Gasteiger charge is -2.23. The molecule has 2 rings (SSSR count). The van der Waals surface area contributed by atoms with Gasteiger partial charge in [0.25, 0.3) is 0 Å². The number of likely N-dealkylation sites (N-methyl/N-ethyl adjacent to an activating group) is 1. The fourth-order valence-electron chi connectivity index (χ4n) is 2.23. The minimum atomic E-state index is -2.90. The first-order chi connectivity index (χ1) is 10.4. The Bertz CT molecular complexity index is 573. The van der Waals surface area contributed by atoms with Crippen molar-refractivity contribution in [3.63, 3.8) is 0 Å². The van der Waals surface area contributed by atoms with Crippen molar-refractivity contribution in [2.24, 2.45) is 5.92 Å². The molecule has 1 aromatic carbocycles. The number of hydrogen-bond donors (Lipinski definition) is 0. The van der Waals surface area contributed by atoms with E-state index in [1.165, 1.54) is 18.2 Å². The second-order valence-corrected chi connectivity index (χ2v) is 6.34. The molecule has 0 saturated heterocycles. The molecule has 0 heterocycles. The number of carbonyl (C=O) groups is 1. The van der Waals surface area contributed by atoms with Crippen LogP contribution in [-0.2, 0) is 4.79 Å². The Morgan fingerprint density at radius 3 is 2.73 bits per heavy atom. The summed E-state index contributed by atoms with van der Waals surface area (Å²) in [6, 6.07) is 4.87. The lowest BCUT2D eigenvalue weighted by atomic mass is 10.1. The highest BCUT2D eigenvalue weighted by molar-refractivity contribution is 9.10. The van der Waals surface area contributed by atoms with Crippen molar-refractivity contribution in [3.8, 4) is 5.75 Å². The fourth-order valence-corrected chi connectivity index (χ4v) is 2.61. The first kappa shape index (κ1) is 16.9. The summed E-state index contributed by atoms with van der Waals surface area (Å²) in [7, 11) is 1.76. The zero-order chi connectivity index (χ0) is 16.3. The smallest absolute Gasteiger partial charge is 0.387 e. The monoisotopic (exact) mass is 373 g/mol. The van der Waals surface area contributed by atoms with E-state index in [4.69, 9.17) is 0 Å². The van der Waals surface area contributed by atoms with Crippen LogP contribution in [0.3, 0.4) is 0 Å². The van der Waals surface area contributed by atoms with Crippen LogP contribution in [0, 0.1) is 5.92 Å². The summed E-state index contributed by atoms with van der Waals surface area (Å²) in [6.45, 7) is -0.880. The summed E-state index contributed by atoms with van der Waals surface area (Å²) in [4.78, 5) is 13.8. The van der Waals surface area contributed by atoms with Crippen molar-refractivity contribution in [2.75, 3.05) is 7.05 Å². The minimum Gasteiger partial charge on any atom is -0.434 e. The number of amides is 1. The van der Waals surface area contributed by atoms with Gasteiger partial charge in [0.2, 0.25) is 5.91 Å². The highest BCUT2D eigenvalue weighted by atomic mass is 79.9. The number of nitrogens with zero attached hydrogens (tertiary/aromatic N) is 1. The van der Waals surface area contributed by atoms with Gasteiger partial charge in [0.15, 0.2) is 0 Å². The SMILES string of the molecule is CC(C1CC1)N(C)C(=O)/C=C/c1cc(Br)ccc1OC(F)F. The van der Waals surface area contributed by atoms with Crippen molar-refractivity contribution in [1.29, 1.82) is 0 Å². The van der Waals surface area contributed by atoms with Gasteiger partial charge in [0.1, 0.15) is 5.75 Å². The number of ether oxygens (including phenoxy) is 1. The Kier molecular flexibility index (Phi) is 5.56. The normalized spacial score (nSPS) is 16.1. The Morgan fingerprint density at radius 1 is 1.45 bits per heavy atom. The molecule has 0 aliphatic heterocycles. The molecule has 1 aliphatic rings. The lowest BCUT2D eigenvalue weighted by Crippen LogP contribution is -2.35. The first-order valence-corrected chi connectivity index (χ1v) is 7.87. The van der Waals surface area contributed by atoms with Crippen molar-refractivity contribution in [3.05, 3.63) is 34.3 Å². The molecule has 22 heavy (non-hydrogen) atoms. The summed E-state index contributed by atoms with van der Waals surface area (Å²) in [6.07, 6.45) is 5.20. The highest BCUT2D eigenvalue weighted by Crippen LogP contribution is 2.34. The molecule has 1 amide bonds. The Hall–Kier alpha value is -1.43. The zero-order valence-electron chi connectivity index (χ0n) is 12.4. The van der Waals surface area contributed by atoms with Gasteiger partial charge in [-0.3, -0.25) is 4.79 Å². The molecular weight excluding hydrogens is 356 g/mol. The molecule has 1 aromatic rings. The van der Waals surface area contributed by atoms with Gasteiger partial charge in [-0.15, -0.1) is 0 Å². The minimum absolute atomic E-state index is 0.0418. The molecule has 1 atom stereocenters. The molecule has 0 aromatic heterocycles. The third-order valence-corrected chi connectivity index (χ3v) is 4.35. The molecule has 6 heteroatoms. The van der Waals surface area contributed by atoms with Crippen LogP contribution in [0.2, 0.25) is 0 Å². The van der Waals surface area contributed by atoms with Crippen molar-refractivity contribution in [2.45, 2.75) is 32.4 Å². The number of carbonyl (C=O) groups excluding carboxylic acids is 1. The van der Waals surface area contributed by atoms with Gasteiger partial charge in [-0.25, -0.2) is 0 Å². The maximum Gasteiger partial charge on any atom is 0.387 e. The van der Waals surface area contributed by atoms with Crippen LogP contribution in [0.4, 0.5) is 8.78 Å². The molecular formula is C16H18BrF2NO2. The van der Waals surface area contributed by atoms with Crippen molar-refractivity contribution < 1.29 is 18.3 Å². The summed E-state index contributed by atoms with van der Waals surface area (Å²) >= 11 is 3.28. The summed E-state index contributed by atoms with van der Waals surface area (Å²) in [5, 5.41) is 0. The lowest BCUT2D eigenvalue weighted by molar-refractivity contribution is -0.126. The molecule has 0 spiro atoms. The van der Waals surface area contributed by atoms with Gasteiger partial charge in [0.05, 0.1) is 0 Å². The molecule has 0 bridgehead atoms. The van der Waals surface area contributed by atoms with Crippen LogP contribution in [-0.4, -0.2) is 30.5 Å². The summed E-state index contributed by atoms with van der Waals surface area (Å²) < 4.78 is 30.0. The third-order valence-electron chi connectivity index (χ3n) is 3.86. The number of halogens is 3. The van der Waals surface area contributed by atoms with Crippen LogP contribution in [0.25, 0.3) is 6.08 Å². The number of benzene rings is 1. The van der Waals surface area contributed by atoms with Crippen molar-refractivity contribution in [1.82, 2.24) is 4.90 Å². The highest BCUT2D eigenvalue weighted by Gasteiger charge is 2.31. The van der Waals surface area contributed by atoms with Gasteiger partial charge in [-0.05, 0) is 50.0 Å². The summed E-state index contributed by atoms with van der Waals surface area (Å²) in [5.41, 5.74) is 0.426. The third kappa shape index (κ3) is 4.53. The molecule has 120 valence electrons. The van der Waals surface area contributed by atoms with Crippen LogP contribution >= 0.6 is 15.9 Å². The molecule has 1 saturated carbocycles. The van der Waals surface area contributed by atoms with Gasteiger partial charge in [0, 0.05) is 29.2 Å². The number of rotatable bonds is 6. The molecule has 3 nitrogen and oxygen atoms in total. The maximum atomic E-state index is 12.4. The van der Waals surface area contributed by atoms with Gasteiger partial charge < -0.3 is 9.64 Å². The van der Waals surface area contributed by atoms with Crippen LogP contribution in [0.15, 0.2) is 28.7 Å². The molecule has 0 N–H and O–H groups in total. The topological polar surface area (TPSA) is 29.5 Å². The Labute approximate surface area is 137 Å². The second kappa shape index (κ2) is 7.22. The van der Waals surface area contributed by atoms with Crippen LogP contribution in [0.1, 0.15) is 25.3 Å². The maximum absolute atomic E-state index is 12.4. The van der Waals surface area contributed by atoms with Crippen molar-refractivity contribution >= 4 is 27.9 Å². The average Bonchev–Trinajstić information content (AvgIpc) is 3.29. The van der Waals surface area contributed by atoms with Gasteiger partial charge in [-0.2, -0.15) is 8.78 Å². The van der Waals surface area contributed by atoms with Crippen LogP contribution in [0.5, 0.6) is 5.75 Å². The number of hydrogen-bond acceptors (Lipinski definition) is 2. The second-order valence-electron chi connectivity index (χ2n) is 5.42. The quantitative estimate of drug-likeness (QED) is 0.694. The Morgan fingerprint density at radius 2 is 2.14 bits per heavy atom. The van der Waals surface area contributed by atoms with E-state index in [1.807, 2.05) is 6.92 Å². The number of alkyl halides is 2. The fraction of sp³-hybridized carbons (Fsp3) is 0.438. The molecule has 1 fully saturated rings. The Balaban J connectivity index is 2.10. The summed E-state index contributed by atoms with van der Waals surface area (Å²) in [5.74, 6) is 0.466. The van der Waals surface area contributed by atoms with E-state index in [-0.39, 0.29) is 17.7 Å². The zero-order valence-corrected chi connectivity index (χ0v) is 14.0. The predicted molar refractivity (Wildman–Crippen MR) is 84.8 cm³/mol. The largest absolute Gasteiger partial charge is 0.434 e. The van der Waals surface area contributed by atoms with Gasteiger partial charge in [-0.1, -0.05) is 15.9 Å². The van der Waals surface area contributed by atoms with Gasteiger partial charge >= 0.3 is 6.61 Å². The molecule has 0 radical (unpaired) electrons. The van der Waals surface area contributed by atoms with E-state index in [1.54, 1.807) is 24.1 Å². The molecule has 1 aliphatic carbocycles. The standard InChI is InChI=1S/C16H18BrF2NO2/c1-10(11-3-4-11)20(2)15(21)8-5-12-9-13(17)6-7-14(12)22-16(18)19/h5-11,16H,3-4H2,1-2H3/b8-5+. The molecule has 1 unspecified atom stereocenters. The van der Waals surface area contributed by atoms with E-state index < -0.39 is 6.61 Å². The van der Waals surface area contributed by atoms with Crippen LogP contribution < -0.4 is 4.74 Å².